The molecule has 0 saturated carbocycles. The van der Waals surface area contributed by atoms with Gasteiger partial charge in [0.05, 0.1) is 5.69 Å². The van der Waals surface area contributed by atoms with Gasteiger partial charge in [-0.3, -0.25) is 19.8 Å². The number of amides is 2. The molecule has 0 unspecified atom stereocenters. The van der Waals surface area contributed by atoms with Crippen molar-refractivity contribution in [2.24, 2.45) is 0 Å². The maximum absolute atomic E-state index is 13.1. The van der Waals surface area contributed by atoms with Crippen molar-refractivity contribution in [3.63, 3.8) is 0 Å². The average molecular weight is 398 g/mol. The first kappa shape index (κ1) is 19.8. The summed E-state index contributed by atoms with van der Waals surface area (Å²) < 4.78 is 5.81. The standard InChI is InChI=1S/C21H23N3O3S/c1-4-14-9-7-8-10-17(14)24-20(26)16(19(25)22-21(24)28)13-15-11-12-18(27-15)23(5-2)6-3/h7-13H,4-6H2,1-3H3,(H,22,25,28). The van der Waals surface area contributed by atoms with Gasteiger partial charge in [0, 0.05) is 19.2 Å². The number of hydrogen-bond donors (Lipinski definition) is 1. The Morgan fingerprint density at radius 2 is 1.82 bits per heavy atom. The van der Waals surface area contributed by atoms with Crippen molar-refractivity contribution in [1.29, 1.82) is 0 Å². The van der Waals surface area contributed by atoms with Gasteiger partial charge in [0.25, 0.3) is 11.8 Å². The van der Waals surface area contributed by atoms with Crippen molar-refractivity contribution in [2.75, 3.05) is 22.9 Å². The fourth-order valence-corrected chi connectivity index (χ4v) is 3.45. The van der Waals surface area contributed by atoms with Gasteiger partial charge in [-0.1, -0.05) is 25.1 Å². The molecule has 146 valence electrons. The maximum atomic E-state index is 13.1. The molecule has 1 fully saturated rings. The number of carbonyl (C=O) groups is 2. The number of furan rings is 1. The summed E-state index contributed by atoms with van der Waals surface area (Å²) in [6.45, 7) is 7.67. The average Bonchev–Trinajstić information content (AvgIpc) is 3.15. The summed E-state index contributed by atoms with van der Waals surface area (Å²) in [5, 5.41) is 2.69. The highest BCUT2D eigenvalue weighted by Gasteiger charge is 2.35. The zero-order chi connectivity index (χ0) is 20.3. The van der Waals surface area contributed by atoms with Crippen LogP contribution in [0.4, 0.5) is 11.6 Å². The Morgan fingerprint density at radius 3 is 2.50 bits per heavy atom. The molecule has 7 heteroatoms. The quantitative estimate of drug-likeness (QED) is 0.459. The summed E-state index contributed by atoms with van der Waals surface area (Å²) in [5.41, 5.74) is 1.63. The summed E-state index contributed by atoms with van der Waals surface area (Å²) in [6.07, 6.45) is 2.20. The molecular weight excluding hydrogens is 374 g/mol. The monoisotopic (exact) mass is 397 g/mol. The molecule has 6 nitrogen and oxygen atoms in total. The molecular formula is C21H23N3O3S. The SMILES string of the molecule is CCc1ccccc1N1C(=O)C(=Cc2ccc(N(CC)CC)o2)C(=O)NC1=S. The first-order chi connectivity index (χ1) is 13.5. The molecule has 2 aromatic rings. The lowest BCUT2D eigenvalue weighted by atomic mass is 10.1. The van der Waals surface area contributed by atoms with Gasteiger partial charge in [0.15, 0.2) is 11.0 Å². The fraction of sp³-hybridized carbons (Fsp3) is 0.286. The van der Waals surface area contributed by atoms with E-state index in [0.29, 0.717) is 17.3 Å². The van der Waals surface area contributed by atoms with E-state index in [9.17, 15) is 9.59 Å². The topological polar surface area (TPSA) is 65.8 Å². The third-order valence-corrected chi connectivity index (χ3v) is 4.97. The highest BCUT2D eigenvalue weighted by molar-refractivity contribution is 7.80. The van der Waals surface area contributed by atoms with Crippen LogP contribution in [0, 0.1) is 0 Å². The normalized spacial score (nSPS) is 15.9. The lowest BCUT2D eigenvalue weighted by Gasteiger charge is -2.30. The predicted molar refractivity (Wildman–Crippen MR) is 114 cm³/mol. The van der Waals surface area contributed by atoms with E-state index in [1.807, 2.05) is 56.0 Å². The Kier molecular flexibility index (Phi) is 5.94. The van der Waals surface area contributed by atoms with Crippen LogP contribution >= 0.6 is 12.2 Å². The van der Waals surface area contributed by atoms with E-state index in [1.54, 1.807) is 6.07 Å². The van der Waals surface area contributed by atoms with Gasteiger partial charge in [-0.2, -0.15) is 0 Å². The van der Waals surface area contributed by atoms with E-state index in [1.165, 1.54) is 11.0 Å². The second-order valence-corrected chi connectivity index (χ2v) is 6.68. The molecule has 1 N–H and O–H groups in total. The molecule has 0 radical (unpaired) electrons. The van der Waals surface area contributed by atoms with Crippen molar-refractivity contribution >= 4 is 46.8 Å². The van der Waals surface area contributed by atoms with Gasteiger partial charge in [0.1, 0.15) is 11.3 Å². The Morgan fingerprint density at radius 1 is 1.11 bits per heavy atom. The maximum Gasteiger partial charge on any atom is 0.270 e. The molecule has 3 rings (SSSR count). The summed E-state index contributed by atoms with van der Waals surface area (Å²) in [5.74, 6) is 0.151. The largest absolute Gasteiger partial charge is 0.441 e. The second kappa shape index (κ2) is 8.39. The third kappa shape index (κ3) is 3.71. The van der Waals surface area contributed by atoms with Gasteiger partial charge in [-0.05, 0) is 56.3 Å². The van der Waals surface area contributed by atoms with Crippen molar-refractivity contribution < 1.29 is 14.0 Å². The number of thiocarbonyl (C=S) groups is 1. The van der Waals surface area contributed by atoms with E-state index in [-0.39, 0.29) is 10.7 Å². The minimum atomic E-state index is -0.527. The van der Waals surface area contributed by atoms with Crippen molar-refractivity contribution in [2.45, 2.75) is 27.2 Å². The van der Waals surface area contributed by atoms with Crippen LogP contribution in [-0.2, 0) is 16.0 Å². The van der Waals surface area contributed by atoms with Gasteiger partial charge in [-0.25, -0.2) is 0 Å². The van der Waals surface area contributed by atoms with Crippen LogP contribution in [0.15, 0.2) is 46.4 Å². The van der Waals surface area contributed by atoms with Crippen LogP contribution in [0.5, 0.6) is 0 Å². The molecule has 1 aromatic heterocycles. The molecule has 0 spiro atoms. The van der Waals surface area contributed by atoms with E-state index < -0.39 is 11.8 Å². The number of para-hydroxylation sites is 1. The van der Waals surface area contributed by atoms with Gasteiger partial charge >= 0.3 is 0 Å². The van der Waals surface area contributed by atoms with Gasteiger partial charge in [-0.15, -0.1) is 0 Å². The minimum absolute atomic E-state index is 0.0139. The molecule has 0 bridgehead atoms. The molecule has 1 aromatic carbocycles. The number of aryl methyl sites for hydroxylation is 1. The van der Waals surface area contributed by atoms with Crippen LogP contribution in [-0.4, -0.2) is 30.0 Å². The summed E-state index contributed by atoms with van der Waals surface area (Å²) >= 11 is 5.27. The number of anilines is 2. The number of nitrogens with one attached hydrogen (secondary N) is 1. The highest BCUT2D eigenvalue weighted by Crippen LogP contribution is 2.27. The molecule has 1 saturated heterocycles. The van der Waals surface area contributed by atoms with E-state index in [4.69, 9.17) is 16.6 Å². The molecule has 1 aliphatic rings. The Hall–Kier alpha value is -2.93. The lowest BCUT2D eigenvalue weighted by Crippen LogP contribution is -2.54. The summed E-state index contributed by atoms with van der Waals surface area (Å²) in [7, 11) is 0. The first-order valence-electron chi connectivity index (χ1n) is 9.34. The van der Waals surface area contributed by atoms with Gasteiger partial charge in [0.2, 0.25) is 0 Å². The number of nitrogens with zero attached hydrogens (tertiary/aromatic N) is 2. The van der Waals surface area contributed by atoms with Crippen molar-refractivity contribution in [3.05, 3.63) is 53.3 Å². The minimum Gasteiger partial charge on any atom is -0.441 e. The summed E-state index contributed by atoms with van der Waals surface area (Å²) in [6, 6.07) is 11.1. The van der Waals surface area contributed by atoms with Crippen LogP contribution in [0.3, 0.4) is 0 Å². The number of rotatable bonds is 6. The molecule has 2 amide bonds. The van der Waals surface area contributed by atoms with Crippen LogP contribution < -0.4 is 15.1 Å². The highest BCUT2D eigenvalue weighted by atomic mass is 32.1. The smallest absolute Gasteiger partial charge is 0.270 e. The van der Waals surface area contributed by atoms with Crippen LogP contribution in [0.2, 0.25) is 0 Å². The van der Waals surface area contributed by atoms with Gasteiger partial charge < -0.3 is 9.32 Å². The first-order valence-corrected chi connectivity index (χ1v) is 9.75. The number of benzene rings is 1. The molecule has 1 aliphatic heterocycles. The van der Waals surface area contributed by atoms with E-state index in [0.717, 1.165) is 25.1 Å². The molecule has 0 atom stereocenters. The zero-order valence-corrected chi connectivity index (χ0v) is 17.0. The fourth-order valence-electron chi connectivity index (χ4n) is 3.17. The van der Waals surface area contributed by atoms with E-state index in [2.05, 4.69) is 5.32 Å². The Balaban J connectivity index is 1.97. The number of hydrogen-bond acceptors (Lipinski definition) is 5. The molecule has 28 heavy (non-hydrogen) atoms. The van der Waals surface area contributed by atoms with Crippen LogP contribution in [0.25, 0.3) is 6.08 Å². The molecule has 2 heterocycles. The van der Waals surface area contributed by atoms with Crippen molar-refractivity contribution in [1.82, 2.24) is 5.32 Å². The Labute approximate surface area is 169 Å². The number of carbonyl (C=O) groups excluding carboxylic acids is 2. The van der Waals surface area contributed by atoms with Crippen LogP contribution in [0.1, 0.15) is 32.1 Å². The third-order valence-electron chi connectivity index (χ3n) is 4.69. The summed E-state index contributed by atoms with van der Waals surface area (Å²) in [4.78, 5) is 29.0. The second-order valence-electron chi connectivity index (χ2n) is 6.29. The van der Waals surface area contributed by atoms with Crippen molar-refractivity contribution in [3.8, 4) is 0 Å². The molecule has 0 aliphatic carbocycles. The predicted octanol–water partition coefficient (Wildman–Crippen LogP) is 3.52. The van der Waals surface area contributed by atoms with E-state index >= 15 is 0 Å². The zero-order valence-electron chi connectivity index (χ0n) is 16.2. The Bertz CT molecular complexity index is 944. The lowest BCUT2D eigenvalue weighted by molar-refractivity contribution is -0.122.